The fourth-order valence-corrected chi connectivity index (χ4v) is 4.06. The minimum absolute atomic E-state index is 0.0843. The first kappa shape index (κ1) is 14.3. The van der Waals surface area contributed by atoms with Crippen LogP contribution in [0.5, 0.6) is 11.5 Å². The number of aryl methyl sites for hydroxylation is 1. The number of ether oxygens (including phenoxy) is 2. The van der Waals surface area contributed by atoms with Crippen LogP contribution in [0.15, 0.2) is 12.1 Å². The third-order valence-corrected chi connectivity index (χ3v) is 5.15. The molecule has 2 unspecified atom stereocenters. The van der Waals surface area contributed by atoms with Crippen LogP contribution in [0, 0.1) is 11.1 Å². The van der Waals surface area contributed by atoms with E-state index in [1.807, 2.05) is 6.07 Å². The lowest BCUT2D eigenvalue weighted by Crippen LogP contribution is -2.48. The van der Waals surface area contributed by atoms with Gasteiger partial charge in [0, 0.05) is 24.4 Å². The minimum atomic E-state index is -0.0843. The van der Waals surface area contributed by atoms with E-state index in [0.29, 0.717) is 19.3 Å². The van der Waals surface area contributed by atoms with E-state index in [1.54, 1.807) is 0 Å². The summed E-state index contributed by atoms with van der Waals surface area (Å²) in [5, 5.41) is 16.7. The Balaban J connectivity index is 1.55. The highest BCUT2D eigenvalue weighted by Crippen LogP contribution is 2.37. The summed E-state index contributed by atoms with van der Waals surface area (Å²) in [7, 11) is 0. The predicted octanol–water partition coefficient (Wildman–Crippen LogP) is 2.18. The van der Waals surface area contributed by atoms with Gasteiger partial charge in [-0.15, -0.1) is 0 Å². The maximum atomic E-state index is 13.3. The Hall–Kier alpha value is -1.30. The zero-order valence-electron chi connectivity index (χ0n) is 13.0. The molecular weight excluding hydrogens is 280 g/mol. The molecule has 1 aromatic rings. The Morgan fingerprint density at radius 2 is 2.00 bits per heavy atom. The van der Waals surface area contributed by atoms with Crippen LogP contribution < -0.4 is 14.8 Å². The van der Waals surface area contributed by atoms with E-state index in [-0.39, 0.29) is 4.65 Å². The van der Waals surface area contributed by atoms with E-state index >= 15 is 0 Å². The third-order valence-electron chi connectivity index (χ3n) is 5.15. The lowest BCUT2D eigenvalue weighted by atomic mass is 9.98. The number of piperidine rings is 1. The topological polar surface area (TPSA) is 53.5 Å². The summed E-state index contributed by atoms with van der Waals surface area (Å²) in [6.07, 6.45) is 4.30. The molecule has 3 heterocycles. The van der Waals surface area contributed by atoms with Crippen molar-refractivity contribution in [1.29, 1.82) is 0 Å². The van der Waals surface area contributed by atoms with E-state index in [0.717, 1.165) is 56.1 Å². The predicted molar refractivity (Wildman–Crippen MR) is 83.5 cm³/mol. The highest BCUT2D eigenvalue weighted by Gasteiger charge is 2.29. The summed E-state index contributed by atoms with van der Waals surface area (Å²) in [6, 6.07) is 4.11. The number of quaternary nitrogens is 1. The summed E-state index contributed by atoms with van der Waals surface area (Å²) in [4.78, 5) is 0. The van der Waals surface area contributed by atoms with Crippen LogP contribution in [0.3, 0.4) is 0 Å². The van der Waals surface area contributed by atoms with Gasteiger partial charge in [0.05, 0.1) is 13.1 Å². The van der Waals surface area contributed by atoms with E-state index in [9.17, 15) is 5.21 Å². The Kier molecular flexibility index (Phi) is 3.72. The third kappa shape index (κ3) is 2.81. The second-order valence-corrected chi connectivity index (χ2v) is 6.91. The van der Waals surface area contributed by atoms with Crippen molar-refractivity contribution in [2.24, 2.45) is 5.92 Å². The molecule has 1 saturated heterocycles. The van der Waals surface area contributed by atoms with Gasteiger partial charge >= 0.3 is 0 Å². The van der Waals surface area contributed by atoms with Gasteiger partial charge in [0.15, 0.2) is 11.5 Å². The maximum absolute atomic E-state index is 13.3. The fourth-order valence-electron chi connectivity index (χ4n) is 4.06. The number of hydroxylamine groups is 3. The Bertz CT molecular complexity index is 557. The molecule has 1 fully saturated rings. The molecule has 0 aromatic heterocycles. The summed E-state index contributed by atoms with van der Waals surface area (Å²) in [6.45, 7) is 4.42. The van der Waals surface area contributed by atoms with Gasteiger partial charge in [-0.1, -0.05) is 0 Å². The zero-order valence-corrected chi connectivity index (χ0v) is 13.0. The van der Waals surface area contributed by atoms with Crippen LogP contribution >= 0.6 is 0 Å². The van der Waals surface area contributed by atoms with Crippen molar-refractivity contribution >= 4 is 0 Å². The first-order valence-corrected chi connectivity index (χ1v) is 8.41. The summed E-state index contributed by atoms with van der Waals surface area (Å²) in [5.74, 6) is 2.15. The summed E-state index contributed by atoms with van der Waals surface area (Å²) < 4.78 is 10.9. The molecule has 1 aromatic carbocycles. The number of hydrogen-bond acceptors (Lipinski definition) is 4. The lowest BCUT2D eigenvalue weighted by molar-refractivity contribution is -0.896. The van der Waals surface area contributed by atoms with Gasteiger partial charge in [-0.2, -0.15) is 0 Å². The van der Waals surface area contributed by atoms with Gasteiger partial charge in [-0.05, 0) is 43.5 Å². The second kappa shape index (κ2) is 5.72. The molecule has 0 radical (unpaired) electrons. The molecule has 4 rings (SSSR count). The number of rotatable bonds is 2. The van der Waals surface area contributed by atoms with E-state index in [1.165, 1.54) is 18.4 Å². The van der Waals surface area contributed by atoms with Crippen LogP contribution in [0.25, 0.3) is 0 Å². The van der Waals surface area contributed by atoms with Crippen molar-refractivity contribution in [3.8, 4) is 11.5 Å². The van der Waals surface area contributed by atoms with Crippen molar-refractivity contribution in [2.75, 3.05) is 33.0 Å². The molecule has 22 heavy (non-hydrogen) atoms. The molecule has 3 aliphatic rings. The second-order valence-electron chi connectivity index (χ2n) is 6.91. The molecule has 2 atom stereocenters. The van der Waals surface area contributed by atoms with Gasteiger partial charge in [0.25, 0.3) is 0 Å². The number of benzene rings is 1. The van der Waals surface area contributed by atoms with Crippen molar-refractivity contribution in [3.05, 3.63) is 28.5 Å². The molecule has 0 aliphatic carbocycles. The molecular formula is C17H24N2O3. The monoisotopic (exact) mass is 304 g/mol. The number of hydrogen-bond donors (Lipinski definition) is 1. The van der Waals surface area contributed by atoms with Crippen LogP contribution in [0.1, 0.15) is 30.4 Å². The summed E-state index contributed by atoms with van der Waals surface area (Å²) >= 11 is 0. The van der Waals surface area contributed by atoms with E-state index in [2.05, 4.69) is 11.4 Å². The number of fused-ring (bicyclic) bond motifs is 2. The Labute approximate surface area is 131 Å². The highest BCUT2D eigenvalue weighted by molar-refractivity contribution is 5.48. The summed E-state index contributed by atoms with van der Waals surface area (Å²) in [5.41, 5.74) is 2.42. The van der Waals surface area contributed by atoms with E-state index in [4.69, 9.17) is 9.47 Å². The lowest BCUT2D eigenvalue weighted by Gasteiger charge is -2.45. The number of nitrogens with one attached hydrogen (secondary N) is 1. The molecule has 0 amide bonds. The normalized spacial score (nSPS) is 30.7. The fraction of sp³-hybridized carbons (Fsp3) is 0.647. The van der Waals surface area contributed by atoms with Gasteiger partial charge in [0.1, 0.15) is 6.54 Å². The maximum Gasteiger partial charge on any atom is 0.231 e. The Morgan fingerprint density at radius 3 is 2.77 bits per heavy atom. The number of nitrogens with zero attached hydrogens (tertiary/aromatic N) is 1. The first-order valence-electron chi connectivity index (χ1n) is 8.41. The Morgan fingerprint density at radius 1 is 1.18 bits per heavy atom. The quantitative estimate of drug-likeness (QED) is 0.672. The van der Waals surface area contributed by atoms with Gasteiger partial charge in [0.2, 0.25) is 6.79 Å². The van der Waals surface area contributed by atoms with Crippen molar-refractivity contribution in [3.63, 3.8) is 0 Å². The highest BCUT2D eigenvalue weighted by atomic mass is 16.7. The van der Waals surface area contributed by atoms with Gasteiger partial charge < -0.3 is 24.6 Å². The molecule has 120 valence electrons. The van der Waals surface area contributed by atoms with E-state index < -0.39 is 0 Å². The smallest absolute Gasteiger partial charge is 0.231 e. The zero-order chi connectivity index (χ0) is 15.0. The van der Waals surface area contributed by atoms with Gasteiger partial charge in [-0.25, -0.2) is 0 Å². The van der Waals surface area contributed by atoms with Gasteiger partial charge in [-0.3, -0.25) is 0 Å². The molecule has 0 spiro atoms. The van der Waals surface area contributed by atoms with Crippen molar-refractivity contribution in [2.45, 2.75) is 32.2 Å². The van der Waals surface area contributed by atoms with Crippen LogP contribution in [-0.4, -0.2) is 37.6 Å². The largest absolute Gasteiger partial charge is 0.633 e. The van der Waals surface area contributed by atoms with Crippen molar-refractivity contribution in [1.82, 2.24) is 5.32 Å². The SMILES string of the molecule is [O-][N+]1(CC2CCCNC2)CCCc2cc3c(cc2C1)OCO3. The van der Waals surface area contributed by atoms with Crippen LogP contribution in [0.2, 0.25) is 0 Å². The molecule has 3 aliphatic heterocycles. The molecule has 5 nitrogen and oxygen atoms in total. The first-order chi connectivity index (χ1) is 10.7. The molecule has 5 heteroatoms. The molecule has 1 N–H and O–H groups in total. The van der Waals surface area contributed by atoms with Crippen LogP contribution in [-0.2, 0) is 13.0 Å². The average Bonchev–Trinajstić information content (AvgIpc) is 2.88. The molecule has 0 bridgehead atoms. The minimum Gasteiger partial charge on any atom is -0.633 e. The molecule has 0 saturated carbocycles. The van der Waals surface area contributed by atoms with Crippen molar-refractivity contribution < 1.29 is 14.1 Å². The average molecular weight is 304 g/mol. The van der Waals surface area contributed by atoms with Crippen LogP contribution in [0.4, 0.5) is 0 Å². The standard InChI is InChI=1S/C17H24N2O3/c20-19(10-13-3-1-5-18-9-13)6-2-4-14-7-16-17(22-12-21-16)8-15(14)11-19/h7-8,13,18H,1-6,9-12H2.